The number of halogens is 3. The highest BCUT2D eigenvalue weighted by Crippen LogP contribution is 2.30. The van der Waals surface area contributed by atoms with E-state index in [9.17, 15) is 27.6 Å². The summed E-state index contributed by atoms with van der Waals surface area (Å²) < 4.78 is 45.4. The largest absolute Gasteiger partial charge is 0.497 e. The summed E-state index contributed by atoms with van der Waals surface area (Å²) in [5.41, 5.74) is -1.39. The number of nitrogens with one attached hydrogen (secondary N) is 1. The van der Waals surface area contributed by atoms with Crippen molar-refractivity contribution in [3.05, 3.63) is 81.8 Å². The lowest BCUT2D eigenvalue weighted by atomic mass is 10.2. The van der Waals surface area contributed by atoms with Gasteiger partial charge in [-0.3, -0.25) is 14.4 Å². The zero-order chi connectivity index (χ0) is 25.0. The lowest BCUT2D eigenvalue weighted by molar-refractivity contribution is -0.137. The molecule has 0 aliphatic rings. The predicted molar refractivity (Wildman–Crippen MR) is 118 cm³/mol. The summed E-state index contributed by atoms with van der Waals surface area (Å²) in [6.07, 6.45) is -4.57. The van der Waals surface area contributed by atoms with Crippen molar-refractivity contribution in [3.63, 3.8) is 0 Å². The number of hydrogen-bond donors (Lipinski definition) is 1. The maximum absolute atomic E-state index is 13.1. The molecule has 0 saturated heterocycles. The van der Waals surface area contributed by atoms with E-state index in [0.29, 0.717) is 11.4 Å². The Hall–Kier alpha value is -4.15. The maximum Gasteiger partial charge on any atom is 0.416 e. The molecule has 1 heterocycles. The number of aryl methyl sites for hydroxylation is 1. The van der Waals surface area contributed by atoms with E-state index in [1.165, 1.54) is 33.2 Å². The van der Waals surface area contributed by atoms with E-state index in [0.717, 1.165) is 27.8 Å². The van der Waals surface area contributed by atoms with Gasteiger partial charge in [0, 0.05) is 24.5 Å². The number of alkyl halides is 3. The van der Waals surface area contributed by atoms with Gasteiger partial charge < -0.3 is 15.0 Å². The number of ether oxygens (including phenoxy) is 1. The van der Waals surface area contributed by atoms with Crippen LogP contribution >= 0.6 is 0 Å². The first kappa shape index (κ1) is 24.5. The van der Waals surface area contributed by atoms with Crippen molar-refractivity contribution in [1.29, 1.82) is 0 Å². The summed E-state index contributed by atoms with van der Waals surface area (Å²) in [5, 5.41) is 6.61. The molecule has 0 aliphatic heterocycles. The topological polar surface area (TPSA) is 93.5 Å². The van der Waals surface area contributed by atoms with Crippen LogP contribution in [0.5, 0.6) is 5.75 Å². The zero-order valence-electron chi connectivity index (χ0n) is 18.5. The number of rotatable bonds is 6. The Morgan fingerprint density at radius 3 is 2.41 bits per heavy atom. The summed E-state index contributed by atoms with van der Waals surface area (Å²) >= 11 is 0. The molecule has 34 heavy (non-hydrogen) atoms. The fourth-order valence-electron chi connectivity index (χ4n) is 3.11. The Morgan fingerprint density at radius 1 is 1.12 bits per heavy atom. The molecule has 2 amide bonds. The third kappa shape index (κ3) is 5.61. The van der Waals surface area contributed by atoms with Gasteiger partial charge in [-0.25, -0.2) is 4.68 Å². The van der Waals surface area contributed by atoms with Gasteiger partial charge in [0.1, 0.15) is 5.75 Å². The number of methoxy groups -OCH3 is 1. The minimum absolute atomic E-state index is 0.0290. The number of nitrogens with zero attached hydrogens (tertiary/aromatic N) is 3. The fraction of sp³-hybridized carbons (Fsp3) is 0.217. The summed E-state index contributed by atoms with van der Waals surface area (Å²) in [6.45, 7) is 1.10. The molecule has 178 valence electrons. The predicted octanol–water partition coefficient (Wildman–Crippen LogP) is 3.28. The second-order valence-corrected chi connectivity index (χ2v) is 7.40. The van der Waals surface area contributed by atoms with E-state index in [1.54, 1.807) is 24.3 Å². The third-order valence-electron chi connectivity index (χ3n) is 4.83. The Morgan fingerprint density at radius 2 is 1.79 bits per heavy atom. The van der Waals surface area contributed by atoms with Gasteiger partial charge in [-0.15, -0.1) is 0 Å². The third-order valence-corrected chi connectivity index (χ3v) is 4.83. The lowest BCUT2D eigenvalue weighted by Crippen LogP contribution is -2.38. The number of benzene rings is 2. The molecule has 0 saturated carbocycles. The molecule has 0 fully saturated rings. The van der Waals surface area contributed by atoms with Crippen molar-refractivity contribution in [2.24, 2.45) is 0 Å². The van der Waals surface area contributed by atoms with Crippen molar-refractivity contribution >= 4 is 17.5 Å². The molecule has 0 unspecified atom stereocenters. The van der Waals surface area contributed by atoms with Crippen LogP contribution in [0.2, 0.25) is 0 Å². The fourth-order valence-corrected chi connectivity index (χ4v) is 3.11. The molecule has 11 heteroatoms. The summed E-state index contributed by atoms with van der Waals surface area (Å²) in [4.78, 5) is 38.6. The Kier molecular flexibility index (Phi) is 7.04. The minimum Gasteiger partial charge on any atom is -0.497 e. The van der Waals surface area contributed by atoms with E-state index >= 15 is 0 Å². The van der Waals surface area contributed by atoms with E-state index in [2.05, 4.69) is 10.4 Å². The Labute approximate surface area is 192 Å². The van der Waals surface area contributed by atoms with E-state index in [4.69, 9.17) is 4.74 Å². The van der Waals surface area contributed by atoms with Crippen molar-refractivity contribution in [2.75, 3.05) is 26.0 Å². The van der Waals surface area contributed by atoms with Gasteiger partial charge in [-0.2, -0.15) is 18.3 Å². The highest BCUT2D eigenvalue weighted by Gasteiger charge is 2.31. The summed E-state index contributed by atoms with van der Waals surface area (Å²) in [7, 11) is 2.82. The molecule has 1 N–H and O–H groups in total. The Balaban J connectivity index is 1.81. The highest BCUT2D eigenvalue weighted by atomic mass is 19.4. The molecule has 3 rings (SSSR count). The van der Waals surface area contributed by atoms with E-state index in [1.807, 2.05) is 0 Å². The molecule has 0 spiro atoms. The van der Waals surface area contributed by atoms with Crippen LogP contribution in [0, 0.1) is 6.92 Å². The highest BCUT2D eigenvalue weighted by molar-refractivity contribution is 5.98. The van der Waals surface area contributed by atoms with Gasteiger partial charge in [0.2, 0.25) is 11.3 Å². The van der Waals surface area contributed by atoms with Crippen LogP contribution in [0.25, 0.3) is 5.69 Å². The second kappa shape index (κ2) is 9.77. The first-order chi connectivity index (χ1) is 16.0. The number of likely N-dealkylation sites (N-methyl/N-ethyl adjacent to an activating group) is 1. The summed E-state index contributed by atoms with van der Waals surface area (Å²) in [6, 6.07) is 12.0. The molecule has 2 aromatic carbocycles. The molecular formula is C23H21F3N4O4. The quantitative estimate of drug-likeness (QED) is 0.592. The number of carbonyl (C=O) groups is 2. The Bertz CT molecular complexity index is 1270. The minimum atomic E-state index is -4.57. The van der Waals surface area contributed by atoms with Crippen molar-refractivity contribution in [1.82, 2.24) is 14.7 Å². The SMILES string of the molecule is COc1ccc(NC(=O)CN(C)C(=O)c2nn(-c3cccc(C(F)(F)F)c3)c(C)cc2=O)cc1. The van der Waals surface area contributed by atoms with Gasteiger partial charge in [-0.1, -0.05) is 6.07 Å². The van der Waals surface area contributed by atoms with Crippen LogP contribution in [0.4, 0.5) is 18.9 Å². The molecule has 0 atom stereocenters. The van der Waals surface area contributed by atoms with Crippen LogP contribution < -0.4 is 15.5 Å². The van der Waals surface area contributed by atoms with Gasteiger partial charge in [0.05, 0.1) is 24.9 Å². The van der Waals surface area contributed by atoms with E-state index in [-0.39, 0.29) is 17.9 Å². The average Bonchev–Trinajstić information content (AvgIpc) is 2.78. The van der Waals surface area contributed by atoms with Crippen LogP contribution in [0.15, 0.2) is 59.4 Å². The van der Waals surface area contributed by atoms with Gasteiger partial charge in [-0.05, 0) is 49.4 Å². The van der Waals surface area contributed by atoms with Crippen LogP contribution in [0.1, 0.15) is 21.7 Å². The number of anilines is 1. The maximum atomic E-state index is 13.1. The van der Waals surface area contributed by atoms with Crippen molar-refractivity contribution < 1.29 is 27.5 Å². The molecule has 1 aromatic heterocycles. The monoisotopic (exact) mass is 474 g/mol. The first-order valence-corrected chi connectivity index (χ1v) is 9.97. The van der Waals surface area contributed by atoms with Crippen molar-refractivity contribution in [3.8, 4) is 11.4 Å². The number of amides is 2. The summed E-state index contributed by atoms with van der Waals surface area (Å²) in [5.74, 6) is -0.769. The smallest absolute Gasteiger partial charge is 0.416 e. The normalized spacial score (nSPS) is 11.1. The number of carbonyl (C=O) groups excluding carboxylic acids is 2. The number of aromatic nitrogens is 2. The van der Waals surface area contributed by atoms with Crippen LogP contribution in [-0.2, 0) is 11.0 Å². The average molecular weight is 474 g/mol. The standard InChI is InChI=1S/C23H21F3N4O4/c1-14-11-19(31)21(28-30(14)17-6-4-5-15(12-17)23(24,25)26)22(33)29(2)13-20(32)27-16-7-9-18(34-3)10-8-16/h4-12H,13H2,1-3H3,(H,27,32). The van der Waals surface area contributed by atoms with Crippen LogP contribution in [-0.4, -0.2) is 47.2 Å². The molecule has 3 aromatic rings. The van der Waals surface area contributed by atoms with Crippen LogP contribution in [0.3, 0.4) is 0 Å². The number of hydrogen-bond acceptors (Lipinski definition) is 5. The molecular weight excluding hydrogens is 453 g/mol. The van der Waals surface area contributed by atoms with Crippen molar-refractivity contribution in [2.45, 2.75) is 13.1 Å². The first-order valence-electron chi connectivity index (χ1n) is 9.97. The van der Waals surface area contributed by atoms with Gasteiger partial charge in [0.15, 0.2) is 5.69 Å². The zero-order valence-corrected chi connectivity index (χ0v) is 18.5. The van der Waals surface area contributed by atoms with E-state index < -0.39 is 34.7 Å². The van der Waals surface area contributed by atoms with Gasteiger partial charge in [0.25, 0.3) is 5.91 Å². The molecule has 8 nitrogen and oxygen atoms in total. The molecule has 0 bridgehead atoms. The molecule has 0 radical (unpaired) electrons. The second-order valence-electron chi connectivity index (χ2n) is 7.40. The van der Waals surface area contributed by atoms with Gasteiger partial charge >= 0.3 is 6.18 Å². The molecule has 0 aliphatic carbocycles. The lowest BCUT2D eigenvalue weighted by Gasteiger charge is -2.18.